The van der Waals surface area contributed by atoms with Crippen LogP contribution in [0.2, 0.25) is 0 Å². The predicted octanol–water partition coefficient (Wildman–Crippen LogP) is -1.07. The number of likely N-dealkylation sites (N-methyl/N-ethyl adjacent to an activating group) is 1. The van der Waals surface area contributed by atoms with E-state index in [4.69, 9.17) is 5.73 Å². The molecule has 0 radical (unpaired) electrons. The third-order valence-electron chi connectivity index (χ3n) is 3.87. The van der Waals surface area contributed by atoms with Crippen molar-refractivity contribution in [1.29, 1.82) is 0 Å². The second-order valence-corrected chi connectivity index (χ2v) is 5.86. The molecule has 130 valence electrons. The van der Waals surface area contributed by atoms with Crippen LogP contribution in [0.1, 0.15) is 39.0 Å². The molecule has 0 saturated carbocycles. The molecule has 0 aromatic heterocycles. The summed E-state index contributed by atoms with van der Waals surface area (Å²) in [5, 5.41) is 5.04. The van der Waals surface area contributed by atoms with Gasteiger partial charge in [0.25, 0.3) is 0 Å². The van der Waals surface area contributed by atoms with Crippen LogP contribution < -0.4 is 16.4 Å². The van der Waals surface area contributed by atoms with Crippen molar-refractivity contribution in [2.45, 2.75) is 51.1 Å². The van der Waals surface area contributed by atoms with Crippen LogP contribution in [0, 0.1) is 0 Å². The monoisotopic (exact) mass is 326 g/mol. The number of nitrogens with zero attached hydrogens (tertiary/aromatic N) is 1. The van der Waals surface area contributed by atoms with Crippen molar-refractivity contribution < 1.29 is 19.2 Å². The molecule has 0 spiro atoms. The van der Waals surface area contributed by atoms with Gasteiger partial charge in [-0.25, -0.2) is 0 Å². The van der Waals surface area contributed by atoms with Gasteiger partial charge in [0.2, 0.25) is 17.7 Å². The summed E-state index contributed by atoms with van der Waals surface area (Å²) in [4.78, 5) is 48.7. The summed E-state index contributed by atoms with van der Waals surface area (Å²) in [5.41, 5.74) is 5.11. The molecular formula is C15H26N4O4. The summed E-state index contributed by atoms with van der Waals surface area (Å²) in [7, 11) is 1.86. The minimum Gasteiger partial charge on any atom is -0.370 e. The summed E-state index contributed by atoms with van der Waals surface area (Å²) in [6.07, 6.45) is 2.37. The van der Waals surface area contributed by atoms with Crippen LogP contribution in [0.25, 0.3) is 0 Å². The van der Waals surface area contributed by atoms with Crippen molar-refractivity contribution in [1.82, 2.24) is 15.5 Å². The minimum atomic E-state index is -0.925. The second-order valence-electron chi connectivity index (χ2n) is 5.86. The molecule has 1 aliphatic rings. The fourth-order valence-electron chi connectivity index (χ4n) is 2.64. The van der Waals surface area contributed by atoms with E-state index in [1.54, 1.807) is 0 Å². The van der Waals surface area contributed by atoms with E-state index in [0.29, 0.717) is 6.42 Å². The van der Waals surface area contributed by atoms with Gasteiger partial charge in [0.1, 0.15) is 0 Å². The number of rotatable bonds is 9. The molecule has 1 heterocycles. The number of carbonyl (C=O) groups excluding carboxylic acids is 4. The Hall–Kier alpha value is -1.96. The fraction of sp³-hybridized carbons (Fsp3) is 0.733. The maximum absolute atomic E-state index is 12.0. The molecule has 1 aliphatic heterocycles. The molecule has 0 bridgehead atoms. The van der Waals surface area contributed by atoms with Crippen molar-refractivity contribution in [2.75, 3.05) is 20.1 Å². The highest BCUT2D eigenvalue weighted by molar-refractivity contribution is 5.94. The van der Waals surface area contributed by atoms with Gasteiger partial charge in [-0.05, 0) is 32.9 Å². The topological polar surface area (TPSA) is 122 Å². The van der Waals surface area contributed by atoms with Gasteiger partial charge >= 0.3 is 0 Å². The Morgan fingerprint density at radius 1 is 1.30 bits per heavy atom. The Kier molecular flexibility index (Phi) is 7.67. The van der Waals surface area contributed by atoms with Crippen LogP contribution >= 0.6 is 0 Å². The van der Waals surface area contributed by atoms with Crippen LogP contribution in [0.5, 0.6) is 0 Å². The second kappa shape index (κ2) is 9.24. The number of hydrogen-bond acceptors (Lipinski definition) is 5. The molecule has 4 N–H and O–H groups in total. The van der Waals surface area contributed by atoms with E-state index in [9.17, 15) is 19.2 Å². The maximum atomic E-state index is 12.0. The van der Waals surface area contributed by atoms with Crippen LogP contribution in [0.4, 0.5) is 0 Å². The Bertz CT molecular complexity index is 466. The van der Waals surface area contributed by atoms with Crippen molar-refractivity contribution in [3.05, 3.63) is 0 Å². The number of Topliss-reactive ketones (excluding diaryl/α,β-unsaturated/α-hetero) is 1. The number of ketones is 1. The zero-order valence-electron chi connectivity index (χ0n) is 13.8. The van der Waals surface area contributed by atoms with Crippen molar-refractivity contribution >= 4 is 23.5 Å². The molecule has 1 rings (SSSR count). The number of primary amides is 1. The standard InChI is InChI=1S/C15H26N4O4/c1-3-5-12(20)10(8-13(16)21)18-14(22)9-17-15(23)11-6-4-7-19(11)2/h10-11H,3-9H2,1-2H3,(H2,16,21)(H,17,23)(H,18,22)/t10-,11-/m0/s1. The number of nitrogens with one attached hydrogen (secondary N) is 2. The summed E-state index contributed by atoms with van der Waals surface area (Å²) in [6.45, 7) is 2.47. The fourth-order valence-corrected chi connectivity index (χ4v) is 2.64. The molecule has 0 aromatic rings. The first-order chi connectivity index (χ1) is 10.8. The Labute approximate surface area is 136 Å². The average molecular weight is 326 g/mol. The van der Waals surface area contributed by atoms with Gasteiger partial charge in [-0.3, -0.25) is 24.1 Å². The molecule has 0 unspecified atom stereocenters. The molecule has 8 heteroatoms. The Morgan fingerprint density at radius 3 is 2.52 bits per heavy atom. The van der Waals surface area contributed by atoms with E-state index >= 15 is 0 Å². The van der Waals surface area contributed by atoms with Crippen LogP contribution in [-0.2, 0) is 19.2 Å². The lowest BCUT2D eigenvalue weighted by Crippen LogP contribution is -2.49. The maximum Gasteiger partial charge on any atom is 0.239 e. The highest BCUT2D eigenvalue weighted by Gasteiger charge is 2.28. The van der Waals surface area contributed by atoms with E-state index in [2.05, 4.69) is 10.6 Å². The molecule has 8 nitrogen and oxygen atoms in total. The summed E-state index contributed by atoms with van der Waals surface area (Å²) < 4.78 is 0. The number of likely N-dealkylation sites (tertiary alicyclic amines) is 1. The molecule has 1 saturated heterocycles. The summed E-state index contributed by atoms with van der Waals surface area (Å²) >= 11 is 0. The van der Waals surface area contributed by atoms with E-state index in [1.807, 2.05) is 18.9 Å². The number of carbonyl (C=O) groups is 4. The summed E-state index contributed by atoms with van der Waals surface area (Å²) in [5.74, 6) is -1.60. The first-order valence-corrected chi connectivity index (χ1v) is 7.93. The lowest BCUT2D eigenvalue weighted by molar-refractivity contribution is -0.131. The van der Waals surface area contributed by atoms with E-state index in [0.717, 1.165) is 19.4 Å². The SMILES string of the molecule is CCCC(=O)[C@H](CC(N)=O)NC(=O)CNC(=O)[C@@H]1CCCN1C. The third-order valence-corrected chi connectivity index (χ3v) is 3.87. The van der Waals surface area contributed by atoms with Gasteiger partial charge in [0.05, 0.1) is 25.0 Å². The normalized spacial score (nSPS) is 19.1. The van der Waals surface area contributed by atoms with E-state index in [-0.39, 0.29) is 37.1 Å². The lowest BCUT2D eigenvalue weighted by atomic mass is 10.0. The molecular weight excluding hydrogens is 300 g/mol. The molecule has 3 amide bonds. The Balaban J connectivity index is 2.46. The zero-order valence-corrected chi connectivity index (χ0v) is 13.8. The van der Waals surface area contributed by atoms with Gasteiger partial charge in [-0.15, -0.1) is 0 Å². The third kappa shape index (κ3) is 6.35. The van der Waals surface area contributed by atoms with E-state index in [1.165, 1.54) is 0 Å². The van der Waals surface area contributed by atoms with Crippen molar-refractivity contribution in [3.63, 3.8) is 0 Å². The minimum absolute atomic E-state index is 0.202. The van der Waals surface area contributed by atoms with Crippen molar-refractivity contribution in [3.8, 4) is 0 Å². The predicted molar refractivity (Wildman–Crippen MR) is 84.3 cm³/mol. The zero-order chi connectivity index (χ0) is 17.4. The molecule has 2 atom stereocenters. The quantitative estimate of drug-likeness (QED) is 0.498. The molecule has 0 aliphatic carbocycles. The van der Waals surface area contributed by atoms with Crippen LogP contribution in [0.15, 0.2) is 0 Å². The largest absolute Gasteiger partial charge is 0.370 e. The van der Waals surface area contributed by atoms with Gasteiger partial charge in [-0.2, -0.15) is 0 Å². The lowest BCUT2D eigenvalue weighted by Gasteiger charge is -2.19. The van der Waals surface area contributed by atoms with E-state index < -0.39 is 17.9 Å². The summed E-state index contributed by atoms with van der Waals surface area (Å²) in [6, 6.07) is -1.14. The average Bonchev–Trinajstić information content (AvgIpc) is 2.90. The smallest absolute Gasteiger partial charge is 0.239 e. The van der Waals surface area contributed by atoms with Gasteiger partial charge in [-0.1, -0.05) is 6.92 Å². The molecule has 23 heavy (non-hydrogen) atoms. The number of amides is 3. The number of nitrogens with two attached hydrogens (primary N) is 1. The molecule has 0 aromatic carbocycles. The number of hydrogen-bond donors (Lipinski definition) is 3. The Morgan fingerprint density at radius 2 is 2.00 bits per heavy atom. The van der Waals surface area contributed by atoms with Gasteiger partial charge < -0.3 is 16.4 Å². The highest BCUT2D eigenvalue weighted by atomic mass is 16.2. The first-order valence-electron chi connectivity index (χ1n) is 7.93. The van der Waals surface area contributed by atoms with Crippen molar-refractivity contribution in [2.24, 2.45) is 5.73 Å². The first kappa shape index (κ1) is 19.1. The van der Waals surface area contributed by atoms with Gasteiger partial charge in [0.15, 0.2) is 5.78 Å². The van der Waals surface area contributed by atoms with Gasteiger partial charge in [0, 0.05) is 6.42 Å². The highest BCUT2D eigenvalue weighted by Crippen LogP contribution is 2.14. The van der Waals surface area contributed by atoms with Crippen LogP contribution in [-0.4, -0.2) is 60.6 Å². The van der Waals surface area contributed by atoms with Crippen LogP contribution in [0.3, 0.4) is 0 Å². The molecule has 1 fully saturated rings.